The number of halogens is 3. The molecule has 2 aliphatic rings. The summed E-state index contributed by atoms with van der Waals surface area (Å²) in [6.45, 7) is 0.458. The average molecular weight is 558 g/mol. The molecule has 0 bridgehead atoms. The van der Waals surface area contributed by atoms with E-state index in [2.05, 4.69) is 10.3 Å². The van der Waals surface area contributed by atoms with Crippen LogP contribution >= 0.6 is 0 Å². The summed E-state index contributed by atoms with van der Waals surface area (Å²) >= 11 is 0. The highest BCUT2D eigenvalue weighted by Crippen LogP contribution is 2.40. The minimum atomic E-state index is -4.64. The summed E-state index contributed by atoms with van der Waals surface area (Å²) in [5.74, 6) is -2.80. The molecular formula is C29H30F3N3O5. The van der Waals surface area contributed by atoms with Gasteiger partial charge in [0.2, 0.25) is 0 Å². The molecule has 11 heteroatoms. The smallest absolute Gasteiger partial charge is 0.416 e. The molecule has 0 radical (unpaired) electrons. The largest absolute Gasteiger partial charge is 0.493 e. The highest BCUT2D eigenvalue weighted by Gasteiger charge is 2.45. The second-order valence-corrected chi connectivity index (χ2v) is 10.8. The van der Waals surface area contributed by atoms with Gasteiger partial charge >= 0.3 is 12.1 Å². The fraction of sp³-hybridized carbons (Fsp3) is 0.483. The molecule has 1 heterocycles. The number of aromatic nitrogens is 3. The van der Waals surface area contributed by atoms with Crippen molar-refractivity contribution in [2.75, 3.05) is 6.61 Å². The number of Topliss-reactive ketones (excluding diaryl/α,β-unsaturated/α-hetero) is 1. The summed E-state index contributed by atoms with van der Waals surface area (Å²) in [5, 5.41) is 17.4. The van der Waals surface area contributed by atoms with Crippen LogP contribution in [0.15, 0.2) is 47.3 Å². The second-order valence-electron chi connectivity index (χ2n) is 10.8. The Balaban J connectivity index is 1.29. The summed E-state index contributed by atoms with van der Waals surface area (Å²) in [5.41, 5.74) is -1.39. The van der Waals surface area contributed by atoms with E-state index in [1.54, 1.807) is 24.3 Å². The number of carboxylic acids is 1. The molecule has 8 nitrogen and oxygen atoms in total. The van der Waals surface area contributed by atoms with Crippen LogP contribution in [0.1, 0.15) is 60.9 Å². The third kappa shape index (κ3) is 5.88. The lowest BCUT2D eigenvalue weighted by Crippen LogP contribution is -2.34. The van der Waals surface area contributed by atoms with Crippen LogP contribution in [0.2, 0.25) is 0 Å². The number of rotatable bonds is 8. The number of carbonyl (C=O) groups is 2. The molecule has 40 heavy (non-hydrogen) atoms. The molecule has 3 aromatic rings. The number of hydrogen-bond donors (Lipinski definition) is 1. The number of nitrogens with zero attached hydrogens (tertiary/aromatic N) is 3. The highest BCUT2D eigenvalue weighted by atomic mass is 19.4. The number of ketones is 1. The minimum Gasteiger partial charge on any atom is -0.493 e. The van der Waals surface area contributed by atoms with Crippen molar-refractivity contribution in [2.45, 2.75) is 57.7 Å². The molecule has 1 N–H and O–H groups in total. The van der Waals surface area contributed by atoms with Gasteiger partial charge in [0.15, 0.2) is 5.78 Å². The topological polar surface area (TPSA) is 111 Å². The van der Waals surface area contributed by atoms with E-state index in [0.29, 0.717) is 36.7 Å². The Labute approximate surface area is 228 Å². The first-order valence-electron chi connectivity index (χ1n) is 13.6. The number of ether oxygens (including phenoxy) is 1. The standard InChI is InChI=1S/C29H30F3N3O5/c30-29(31,32)20-9-13-24-23(14-20)27(37)35(34-33-24)15-19-8-12-22(25(19)28(38)39)26(36)18-6-10-21(11-7-18)40-16-17-4-2-1-3-5-17/h6-7,9-11,13-14,17,19,22,25H,1-5,8,12,15-16H2,(H,38,39). The maximum Gasteiger partial charge on any atom is 0.416 e. The van der Waals surface area contributed by atoms with Gasteiger partial charge in [-0.05, 0) is 80.0 Å². The summed E-state index contributed by atoms with van der Waals surface area (Å²) in [4.78, 5) is 38.6. The van der Waals surface area contributed by atoms with Crippen LogP contribution in [0.4, 0.5) is 13.2 Å². The van der Waals surface area contributed by atoms with Crippen molar-refractivity contribution in [3.05, 3.63) is 63.9 Å². The number of aliphatic carboxylic acids is 1. The number of fused-ring (bicyclic) bond motifs is 1. The predicted octanol–water partition coefficient (Wildman–Crippen LogP) is 5.38. The Hall–Kier alpha value is -3.76. The van der Waals surface area contributed by atoms with Crippen molar-refractivity contribution < 1.29 is 32.6 Å². The van der Waals surface area contributed by atoms with Gasteiger partial charge in [0.1, 0.15) is 11.3 Å². The van der Waals surface area contributed by atoms with Crippen molar-refractivity contribution in [3.8, 4) is 5.75 Å². The Bertz CT molecular complexity index is 1450. The van der Waals surface area contributed by atoms with E-state index >= 15 is 0 Å². The van der Waals surface area contributed by atoms with E-state index in [4.69, 9.17) is 4.74 Å². The zero-order valence-corrected chi connectivity index (χ0v) is 21.8. The van der Waals surface area contributed by atoms with Crippen LogP contribution in [0, 0.1) is 23.7 Å². The fourth-order valence-electron chi connectivity index (χ4n) is 6.05. The number of hydrogen-bond acceptors (Lipinski definition) is 6. The number of carbonyl (C=O) groups excluding carboxylic acids is 1. The molecule has 2 saturated carbocycles. The van der Waals surface area contributed by atoms with E-state index in [1.807, 2.05) is 0 Å². The SMILES string of the molecule is O=C(c1ccc(OCC2CCCCC2)cc1)C1CCC(Cn2nnc3ccc(C(F)(F)F)cc3c2=O)C1C(=O)O. The van der Waals surface area contributed by atoms with Crippen LogP contribution in [-0.4, -0.2) is 38.5 Å². The molecule has 1 aromatic heterocycles. The Kier molecular flexibility index (Phi) is 7.91. The van der Waals surface area contributed by atoms with Crippen LogP contribution < -0.4 is 10.3 Å². The number of carboxylic acid groups (broad SMARTS) is 1. The summed E-state index contributed by atoms with van der Waals surface area (Å²) in [6, 6.07) is 9.35. The maximum atomic E-state index is 13.3. The lowest BCUT2D eigenvalue weighted by atomic mass is 9.84. The Morgan fingerprint density at radius 1 is 1.00 bits per heavy atom. The molecule has 212 valence electrons. The molecule has 0 aliphatic heterocycles. The van der Waals surface area contributed by atoms with Gasteiger partial charge in [0, 0.05) is 11.5 Å². The van der Waals surface area contributed by atoms with Gasteiger partial charge in [0.25, 0.3) is 5.56 Å². The van der Waals surface area contributed by atoms with E-state index < -0.39 is 41.0 Å². The van der Waals surface area contributed by atoms with Crippen molar-refractivity contribution >= 4 is 22.7 Å². The quantitative estimate of drug-likeness (QED) is 0.370. The van der Waals surface area contributed by atoms with Gasteiger partial charge in [-0.1, -0.05) is 24.5 Å². The molecule has 0 amide bonds. The minimum absolute atomic E-state index is 0.00896. The van der Waals surface area contributed by atoms with Gasteiger partial charge in [-0.25, -0.2) is 4.68 Å². The van der Waals surface area contributed by atoms with E-state index in [1.165, 1.54) is 19.3 Å². The van der Waals surface area contributed by atoms with E-state index in [-0.39, 0.29) is 23.2 Å². The van der Waals surface area contributed by atoms with Crippen LogP contribution in [0.3, 0.4) is 0 Å². The molecule has 0 spiro atoms. The first kappa shape index (κ1) is 27.8. The van der Waals surface area contributed by atoms with E-state index in [0.717, 1.165) is 35.7 Å². The third-order valence-electron chi connectivity index (χ3n) is 8.22. The maximum absolute atomic E-state index is 13.3. The monoisotopic (exact) mass is 557 g/mol. The van der Waals surface area contributed by atoms with Crippen molar-refractivity contribution in [3.63, 3.8) is 0 Å². The highest BCUT2D eigenvalue weighted by molar-refractivity contribution is 6.00. The first-order valence-corrected chi connectivity index (χ1v) is 13.6. The molecule has 0 saturated heterocycles. The molecular weight excluding hydrogens is 527 g/mol. The molecule has 2 fully saturated rings. The van der Waals surface area contributed by atoms with Crippen LogP contribution in [-0.2, 0) is 17.5 Å². The van der Waals surface area contributed by atoms with Gasteiger partial charge in [-0.2, -0.15) is 13.2 Å². The number of alkyl halides is 3. The summed E-state index contributed by atoms with van der Waals surface area (Å²) < 4.78 is 46.3. The van der Waals surface area contributed by atoms with Crippen LogP contribution in [0.25, 0.3) is 10.9 Å². The average Bonchev–Trinajstić information content (AvgIpc) is 3.37. The summed E-state index contributed by atoms with van der Waals surface area (Å²) in [6.07, 6.45) is 2.01. The Morgan fingerprint density at radius 2 is 1.73 bits per heavy atom. The summed E-state index contributed by atoms with van der Waals surface area (Å²) in [7, 11) is 0. The van der Waals surface area contributed by atoms with Gasteiger partial charge in [0.05, 0.1) is 30.0 Å². The lowest BCUT2D eigenvalue weighted by molar-refractivity contribution is -0.144. The van der Waals surface area contributed by atoms with Gasteiger partial charge in [-0.3, -0.25) is 14.4 Å². The normalized spacial score (nSPS) is 21.9. The molecule has 3 unspecified atom stereocenters. The number of benzene rings is 2. The zero-order valence-electron chi connectivity index (χ0n) is 21.8. The lowest BCUT2D eigenvalue weighted by Gasteiger charge is -2.22. The molecule has 2 aliphatic carbocycles. The molecule has 5 rings (SSSR count). The fourth-order valence-corrected chi connectivity index (χ4v) is 6.05. The molecule has 3 atom stereocenters. The van der Waals surface area contributed by atoms with Crippen molar-refractivity contribution in [1.82, 2.24) is 15.0 Å². The van der Waals surface area contributed by atoms with Crippen molar-refractivity contribution in [1.29, 1.82) is 0 Å². The van der Waals surface area contributed by atoms with Gasteiger partial charge < -0.3 is 9.84 Å². The zero-order chi connectivity index (χ0) is 28.4. The Morgan fingerprint density at radius 3 is 2.40 bits per heavy atom. The van der Waals surface area contributed by atoms with Gasteiger partial charge in [-0.15, -0.1) is 5.10 Å². The first-order chi connectivity index (χ1) is 19.1. The molecule has 2 aromatic carbocycles. The van der Waals surface area contributed by atoms with E-state index in [9.17, 15) is 32.7 Å². The second kappa shape index (κ2) is 11.4. The van der Waals surface area contributed by atoms with Crippen molar-refractivity contribution in [2.24, 2.45) is 23.7 Å². The van der Waals surface area contributed by atoms with Crippen LogP contribution in [0.5, 0.6) is 5.75 Å². The third-order valence-corrected chi connectivity index (χ3v) is 8.22. The predicted molar refractivity (Wildman–Crippen MR) is 139 cm³/mol.